The number of hydrogen-bond acceptors (Lipinski definition) is 5. The average molecular weight is 396 g/mol. The van der Waals surface area contributed by atoms with Gasteiger partial charge in [-0.15, -0.1) is 0 Å². The number of aliphatic hydroxyl groups is 1. The van der Waals surface area contributed by atoms with Gasteiger partial charge >= 0.3 is 0 Å². The topological polar surface area (TPSA) is 84.3 Å². The summed E-state index contributed by atoms with van der Waals surface area (Å²) in [4.78, 5) is 4.69. The fourth-order valence-corrected chi connectivity index (χ4v) is 3.19. The predicted molar refractivity (Wildman–Crippen MR) is 114 cm³/mol. The highest BCUT2D eigenvalue weighted by molar-refractivity contribution is 5.79. The summed E-state index contributed by atoms with van der Waals surface area (Å²) >= 11 is 0. The van der Waals surface area contributed by atoms with Crippen LogP contribution in [0.4, 0.5) is 0 Å². The third-order valence-electron chi connectivity index (χ3n) is 4.44. The van der Waals surface area contributed by atoms with Crippen molar-refractivity contribution in [2.75, 3.05) is 41.0 Å². The van der Waals surface area contributed by atoms with Crippen molar-refractivity contribution < 1.29 is 19.3 Å². The number of rotatable bonds is 12. The van der Waals surface area contributed by atoms with E-state index < -0.39 is 0 Å². The van der Waals surface area contributed by atoms with Crippen molar-refractivity contribution in [1.29, 1.82) is 0 Å². The van der Waals surface area contributed by atoms with Gasteiger partial charge in [0, 0.05) is 25.3 Å². The van der Waals surface area contributed by atoms with E-state index in [4.69, 9.17) is 19.2 Å². The molecule has 0 spiro atoms. The standard InChI is InChI=1S/C21H37N3O4/c1-7-22-21(23-13-16(10-11-25)12-15(2)3)24-14-17-8-9-18(26-4)20(28-6)19(17)27-5/h8-9,15-16,25H,7,10-14H2,1-6H3,(H2,22,23,24). The van der Waals surface area contributed by atoms with Gasteiger partial charge in [0.15, 0.2) is 17.5 Å². The van der Waals surface area contributed by atoms with Crippen LogP contribution in [-0.2, 0) is 6.54 Å². The van der Waals surface area contributed by atoms with Gasteiger partial charge in [0.1, 0.15) is 0 Å². The lowest BCUT2D eigenvalue weighted by molar-refractivity contribution is 0.243. The zero-order valence-corrected chi connectivity index (χ0v) is 18.2. The number of aliphatic hydroxyl groups excluding tert-OH is 1. The first-order valence-corrected chi connectivity index (χ1v) is 9.91. The highest BCUT2D eigenvalue weighted by Crippen LogP contribution is 2.39. The lowest BCUT2D eigenvalue weighted by Crippen LogP contribution is -2.40. The lowest BCUT2D eigenvalue weighted by atomic mass is 9.94. The number of hydrogen-bond donors (Lipinski definition) is 3. The summed E-state index contributed by atoms with van der Waals surface area (Å²) in [6.45, 7) is 8.62. The zero-order valence-electron chi connectivity index (χ0n) is 18.2. The molecule has 0 heterocycles. The number of nitrogens with one attached hydrogen (secondary N) is 2. The van der Waals surface area contributed by atoms with Crippen LogP contribution in [0, 0.1) is 11.8 Å². The summed E-state index contributed by atoms with van der Waals surface area (Å²) in [5, 5.41) is 16.0. The Labute approximate surface area is 169 Å². The van der Waals surface area contributed by atoms with E-state index in [0.29, 0.717) is 35.6 Å². The molecule has 0 radical (unpaired) electrons. The molecule has 3 N–H and O–H groups in total. The van der Waals surface area contributed by atoms with E-state index in [9.17, 15) is 5.11 Å². The van der Waals surface area contributed by atoms with Crippen LogP contribution in [0.1, 0.15) is 39.2 Å². The van der Waals surface area contributed by atoms with Crippen molar-refractivity contribution >= 4 is 5.96 Å². The number of aliphatic imine (C=N–C) groups is 1. The number of benzene rings is 1. The molecule has 1 rings (SSSR count). The normalized spacial score (nSPS) is 12.6. The molecule has 0 saturated carbocycles. The molecule has 1 atom stereocenters. The van der Waals surface area contributed by atoms with E-state index in [-0.39, 0.29) is 6.61 Å². The van der Waals surface area contributed by atoms with E-state index >= 15 is 0 Å². The van der Waals surface area contributed by atoms with Crippen molar-refractivity contribution in [3.63, 3.8) is 0 Å². The molecular weight excluding hydrogens is 358 g/mol. The molecule has 0 fully saturated rings. The van der Waals surface area contributed by atoms with Gasteiger partial charge in [-0.05, 0) is 43.7 Å². The second-order valence-electron chi connectivity index (χ2n) is 7.08. The van der Waals surface area contributed by atoms with Crippen LogP contribution in [0.5, 0.6) is 17.2 Å². The van der Waals surface area contributed by atoms with E-state index in [0.717, 1.165) is 37.5 Å². The van der Waals surface area contributed by atoms with Crippen LogP contribution in [0.25, 0.3) is 0 Å². The summed E-state index contributed by atoms with van der Waals surface area (Å²) in [6, 6.07) is 3.78. The predicted octanol–water partition coefficient (Wildman–Crippen LogP) is 2.81. The number of ether oxygens (including phenoxy) is 3. The SMILES string of the molecule is CCNC(=NCc1ccc(OC)c(OC)c1OC)NCC(CCO)CC(C)C. The van der Waals surface area contributed by atoms with Crippen molar-refractivity contribution in [1.82, 2.24) is 10.6 Å². The van der Waals surface area contributed by atoms with Gasteiger partial charge in [-0.25, -0.2) is 4.99 Å². The van der Waals surface area contributed by atoms with Crippen LogP contribution in [0.15, 0.2) is 17.1 Å². The Morgan fingerprint density at radius 3 is 2.32 bits per heavy atom. The minimum absolute atomic E-state index is 0.204. The van der Waals surface area contributed by atoms with Crippen LogP contribution in [0.2, 0.25) is 0 Å². The first kappa shape index (κ1) is 23.9. The Hall–Kier alpha value is -2.15. The average Bonchev–Trinajstić information content (AvgIpc) is 2.68. The van der Waals surface area contributed by atoms with E-state index in [1.54, 1.807) is 21.3 Å². The summed E-state index contributed by atoms with van der Waals surface area (Å²) in [6.07, 6.45) is 1.85. The molecule has 0 aliphatic rings. The minimum atomic E-state index is 0.204. The van der Waals surface area contributed by atoms with E-state index in [1.807, 2.05) is 19.1 Å². The summed E-state index contributed by atoms with van der Waals surface area (Å²) in [5.74, 6) is 3.55. The van der Waals surface area contributed by atoms with Crippen molar-refractivity contribution in [3.8, 4) is 17.2 Å². The Balaban J connectivity index is 2.92. The fourth-order valence-electron chi connectivity index (χ4n) is 3.19. The van der Waals surface area contributed by atoms with Crippen molar-refractivity contribution in [2.24, 2.45) is 16.8 Å². The number of nitrogens with zero attached hydrogens (tertiary/aromatic N) is 1. The molecule has 0 aliphatic carbocycles. The molecular formula is C21H37N3O4. The quantitative estimate of drug-likeness (QED) is 0.373. The van der Waals surface area contributed by atoms with E-state index in [1.165, 1.54) is 0 Å². The van der Waals surface area contributed by atoms with Crippen LogP contribution >= 0.6 is 0 Å². The molecule has 0 aromatic heterocycles. The first-order valence-electron chi connectivity index (χ1n) is 9.91. The van der Waals surface area contributed by atoms with Gasteiger partial charge in [0.05, 0.1) is 27.9 Å². The smallest absolute Gasteiger partial charge is 0.203 e. The highest BCUT2D eigenvalue weighted by Gasteiger charge is 2.16. The molecule has 0 aliphatic heterocycles. The minimum Gasteiger partial charge on any atom is -0.493 e. The van der Waals surface area contributed by atoms with Crippen LogP contribution in [-0.4, -0.2) is 52.1 Å². The van der Waals surface area contributed by atoms with E-state index in [2.05, 4.69) is 24.5 Å². The van der Waals surface area contributed by atoms with Gasteiger partial charge in [-0.3, -0.25) is 0 Å². The molecule has 0 amide bonds. The van der Waals surface area contributed by atoms with Gasteiger partial charge in [-0.1, -0.05) is 13.8 Å². The Morgan fingerprint density at radius 1 is 1.07 bits per heavy atom. The highest BCUT2D eigenvalue weighted by atomic mass is 16.5. The Kier molecular flexibility index (Phi) is 11.2. The number of guanidine groups is 1. The Bertz CT molecular complexity index is 606. The van der Waals surface area contributed by atoms with Crippen molar-refractivity contribution in [3.05, 3.63) is 17.7 Å². The molecule has 1 aromatic carbocycles. The summed E-state index contributed by atoms with van der Waals surface area (Å²) < 4.78 is 16.3. The Morgan fingerprint density at radius 2 is 1.79 bits per heavy atom. The molecule has 7 heteroatoms. The lowest BCUT2D eigenvalue weighted by Gasteiger charge is -2.20. The molecule has 7 nitrogen and oxygen atoms in total. The molecule has 1 unspecified atom stereocenters. The molecule has 160 valence electrons. The van der Waals surface area contributed by atoms with Gasteiger partial charge in [0.25, 0.3) is 0 Å². The van der Waals surface area contributed by atoms with Gasteiger partial charge in [-0.2, -0.15) is 0 Å². The maximum atomic E-state index is 9.31. The third kappa shape index (κ3) is 7.46. The maximum Gasteiger partial charge on any atom is 0.203 e. The number of methoxy groups -OCH3 is 3. The molecule has 0 bridgehead atoms. The fraction of sp³-hybridized carbons (Fsp3) is 0.667. The molecule has 28 heavy (non-hydrogen) atoms. The summed E-state index contributed by atoms with van der Waals surface area (Å²) in [5.41, 5.74) is 0.909. The second-order valence-corrected chi connectivity index (χ2v) is 7.08. The van der Waals surface area contributed by atoms with Crippen molar-refractivity contribution in [2.45, 2.75) is 40.2 Å². The first-order chi connectivity index (χ1) is 13.5. The second kappa shape index (κ2) is 13.1. The van der Waals surface area contributed by atoms with Crippen LogP contribution < -0.4 is 24.8 Å². The largest absolute Gasteiger partial charge is 0.493 e. The third-order valence-corrected chi connectivity index (χ3v) is 4.44. The van der Waals surface area contributed by atoms with Crippen LogP contribution in [0.3, 0.4) is 0 Å². The maximum absolute atomic E-state index is 9.31. The zero-order chi connectivity index (χ0) is 20.9. The monoisotopic (exact) mass is 395 g/mol. The van der Waals surface area contributed by atoms with Gasteiger partial charge in [0.2, 0.25) is 5.75 Å². The van der Waals surface area contributed by atoms with Gasteiger partial charge < -0.3 is 30.0 Å². The summed E-state index contributed by atoms with van der Waals surface area (Å²) in [7, 11) is 4.80. The molecule has 1 aromatic rings. The molecule has 0 saturated heterocycles.